The van der Waals surface area contributed by atoms with Crippen LogP contribution in [-0.4, -0.2) is 40.8 Å². The number of likely N-dealkylation sites (tertiary alicyclic amines) is 1. The Morgan fingerprint density at radius 3 is 2.84 bits per heavy atom. The predicted molar refractivity (Wildman–Crippen MR) is 96.0 cm³/mol. The number of benzene rings is 1. The molecule has 1 aliphatic heterocycles. The first-order valence-corrected chi connectivity index (χ1v) is 8.24. The van der Waals surface area contributed by atoms with Gasteiger partial charge in [0.25, 0.3) is 0 Å². The second kappa shape index (κ2) is 7.63. The van der Waals surface area contributed by atoms with E-state index in [1.54, 1.807) is 35.3 Å². The van der Waals surface area contributed by atoms with Crippen molar-refractivity contribution in [3.63, 3.8) is 0 Å². The van der Waals surface area contributed by atoms with Crippen molar-refractivity contribution in [1.29, 1.82) is 5.26 Å². The Hall–Kier alpha value is -3.13. The third kappa shape index (κ3) is 4.24. The quantitative estimate of drug-likeness (QED) is 0.638. The second-order valence-electron chi connectivity index (χ2n) is 6.20. The molecule has 1 amide bonds. The minimum absolute atomic E-state index is 0.0240. The van der Waals surface area contributed by atoms with Crippen LogP contribution in [0.2, 0.25) is 0 Å². The van der Waals surface area contributed by atoms with Gasteiger partial charge in [0.2, 0.25) is 5.91 Å². The summed E-state index contributed by atoms with van der Waals surface area (Å²) in [6.45, 7) is 1.81. The second-order valence-corrected chi connectivity index (χ2v) is 6.20. The number of hydrogen-bond donors (Lipinski definition) is 0. The van der Waals surface area contributed by atoms with Crippen molar-refractivity contribution in [2.75, 3.05) is 20.1 Å². The van der Waals surface area contributed by atoms with E-state index in [1.807, 2.05) is 24.3 Å². The Morgan fingerprint density at radius 1 is 1.32 bits per heavy atom. The molecule has 5 heteroatoms. The Kier molecular flexibility index (Phi) is 5.10. The molecule has 1 aromatic carbocycles. The van der Waals surface area contributed by atoms with Crippen LogP contribution in [0.25, 0.3) is 11.1 Å². The van der Waals surface area contributed by atoms with E-state index in [0.717, 1.165) is 28.7 Å². The van der Waals surface area contributed by atoms with Gasteiger partial charge < -0.3 is 9.80 Å². The van der Waals surface area contributed by atoms with Gasteiger partial charge in [-0.1, -0.05) is 18.2 Å². The highest BCUT2D eigenvalue weighted by Crippen LogP contribution is 2.20. The van der Waals surface area contributed by atoms with Gasteiger partial charge in [-0.05, 0) is 46.9 Å². The van der Waals surface area contributed by atoms with Gasteiger partial charge in [0.05, 0.1) is 0 Å². The zero-order valence-corrected chi connectivity index (χ0v) is 14.2. The van der Waals surface area contributed by atoms with Crippen LogP contribution in [0.1, 0.15) is 12.0 Å². The lowest BCUT2D eigenvalue weighted by Crippen LogP contribution is -2.24. The van der Waals surface area contributed by atoms with Crippen LogP contribution >= 0.6 is 0 Å². The number of aromatic nitrogens is 1. The monoisotopic (exact) mass is 332 g/mol. The fourth-order valence-corrected chi connectivity index (χ4v) is 2.92. The highest BCUT2D eigenvalue weighted by Gasteiger charge is 2.17. The number of carbonyl (C=O) groups excluding carboxylic acids is 1. The van der Waals surface area contributed by atoms with Gasteiger partial charge in [-0.25, -0.2) is 0 Å². The van der Waals surface area contributed by atoms with Crippen LogP contribution in [-0.2, 0) is 11.3 Å². The van der Waals surface area contributed by atoms with E-state index in [4.69, 9.17) is 5.26 Å². The Labute approximate surface area is 147 Å². The Balaban J connectivity index is 1.67. The van der Waals surface area contributed by atoms with E-state index in [9.17, 15) is 4.79 Å². The molecule has 0 spiro atoms. The van der Waals surface area contributed by atoms with Gasteiger partial charge in [0, 0.05) is 45.2 Å². The lowest BCUT2D eigenvalue weighted by Gasteiger charge is -2.16. The molecule has 1 saturated heterocycles. The summed E-state index contributed by atoms with van der Waals surface area (Å²) < 4.78 is 0. The number of pyridine rings is 1. The molecule has 0 unspecified atom stereocenters. The van der Waals surface area contributed by atoms with Crippen LogP contribution in [0.4, 0.5) is 0 Å². The topological polar surface area (TPSA) is 60.2 Å². The molecule has 3 rings (SSSR count). The fourth-order valence-electron chi connectivity index (χ4n) is 2.92. The first kappa shape index (κ1) is 16.7. The SMILES string of the molecule is CN(Cc1cccc(-c2ccncc2)c1)C(=O)C=C1CCN(C#N)C1. The van der Waals surface area contributed by atoms with Crippen LogP contribution < -0.4 is 0 Å². The van der Waals surface area contributed by atoms with Gasteiger partial charge in [0.15, 0.2) is 6.19 Å². The fraction of sp³-hybridized carbons (Fsp3) is 0.250. The van der Waals surface area contributed by atoms with E-state index in [-0.39, 0.29) is 5.91 Å². The number of amides is 1. The minimum Gasteiger partial charge on any atom is -0.338 e. The lowest BCUT2D eigenvalue weighted by molar-refractivity contribution is -0.125. The van der Waals surface area contributed by atoms with Crippen molar-refractivity contribution in [3.05, 3.63) is 66.0 Å². The number of nitrogens with zero attached hydrogens (tertiary/aromatic N) is 4. The van der Waals surface area contributed by atoms with Gasteiger partial charge in [-0.2, -0.15) is 5.26 Å². The van der Waals surface area contributed by atoms with Crippen molar-refractivity contribution >= 4 is 5.91 Å². The van der Waals surface area contributed by atoms with E-state index in [1.165, 1.54) is 0 Å². The van der Waals surface area contributed by atoms with E-state index in [0.29, 0.717) is 19.6 Å². The summed E-state index contributed by atoms with van der Waals surface area (Å²) in [7, 11) is 1.80. The van der Waals surface area contributed by atoms with Crippen molar-refractivity contribution in [2.45, 2.75) is 13.0 Å². The number of hydrogen-bond acceptors (Lipinski definition) is 4. The smallest absolute Gasteiger partial charge is 0.246 e. The molecule has 2 aromatic rings. The summed E-state index contributed by atoms with van der Waals surface area (Å²) in [5, 5.41) is 8.89. The molecule has 25 heavy (non-hydrogen) atoms. The summed E-state index contributed by atoms with van der Waals surface area (Å²) in [6.07, 6.45) is 8.12. The molecule has 0 radical (unpaired) electrons. The molecule has 0 bridgehead atoms. The molecule has 0 N–H and O–H groups in total. The van der Waals surface area contributed by atoms with Gasteiger partial charge in [-0.3, -0.25) is 9.78 Å². The normalized spacial score (nSPS) is 15.2. The third-order valence-corrected chi connectivity index (χ3v) is 4.30. The van der Waals surface area contributed by atoms with Gasteiger partial charge >= 0.3 is 0 Å². The zero-order chi connectivity index (χ0) is 17.6. The highest BCUT2D eigenvalue weighted by atomic mass is 16.2. The number of carbonyl (C=O) groups is 1. The number of nitriles is 1. The van der Waals surface area contributed by atoms with E-state index >= 15 is 0 Å². The summed E-state index contributed by atoms with van der Waals surface area (Å²) in [6, 6.07) is 12.1. The van der Waals surface area contributed by atoms with Crippen LogP contribution in [0, 0.1) is 11.5 Å². The molecule has 1 aliphatic rings. The third-order valence-electron chi connectivity index (χ3n) is 4.30. The summed E-state index contributed by atoms with van der Waals surface area (Å²) in [4.78, 5) is 19.8. The molecule has 1 aromatic heterocycles. The predicted octanol–water partition coefficient (Wildman–Crippen LogP) is 2.82. The highest BCUT2D eigenvalue weighted by molar-refractivity contribution is 5.88. The van der Waals surface area contributed by atoms with Crippen molar-refractivity contribution < 1.29 is 4.79 Å². The maximum absolute atomic E-state index is 12.4. The van der Waals surface area contributed by atoms with Gasteiger partial charge in [-0.15, -0.1) is 0 Å². The standard InChI is InChI=1S/C20H20N4O/c1-23(20(25)12-17-7-10-24(14-17)15-21)13-16-3-2-4-19(11-16)18-5-8-22-9-6-18/h2-6,8-9,11-12H,7,10,13-14H2,1H3. The molecule has 2 heterocycles. The molecular formula is C20H20N4O. The van der Waals surface area contributed by atoms with Crippen molar-refractivity contribution in [1.82, 2.24) is 14.8 Å². The number of likely N-dealkylation sites (N-methyl/N-ethyl adjacent to an activating group) is 1. The maximum Gasteiger partial charge on any atom is 0.246 e. The Bertz CT molecular complexity index is 823. The van der Waals surface area contributed by atoms with Crippen LogP contribution in [0.3, 0.4) is 0 Å². The summed E-state index contributed by atoms with van der Waals surface area (Å²) in [5.41, 5.74) is 4.31. The number of rotatable bonds is 4. The average Bonchev–Trinajstić information content (AvgIpc) is 3.10. The maximum atomic E-state index is 12.4. The van der Waals surface area contributed by atoms with Crippen molar-refractivity contribution in [2.24, 2.45) is 0 Å². The Morgan fingerprint density at radius 2 is 2.12 bits per heavy atom. The molecular weight excluding hydrogens is 312 g/mol. The van der Waals surface area contributed by atoms with Crippen LogP contribution in [0.15, 0.2) is 60.4 Å². The summed E-state index contributed by atoms with van der Waals surface area (Å²) in [5.74, 6) is -0.0240. The summed E-state index contributed by atoms with van der Waals surface area (Å²) >= 11 is 0. The minimum atomic E-state index is -0.0240. The zero-order valence-electron chi connectivity index (χ0n) is 14.2. The van der Waals surface area contributed by atoms with Gasteiger partial charge in [0.1, 0.15) is 0 Å². The van der Waals surface area contributed by atoms with E-state index < -0.39 is 0 Å². The lowest BCUT2D eigenvalue weighted by atomic mass is 10.0. The van der Waals surface area contributed by atoms with E-state index in [2.05, 4.69) is 23.3 Å². The largest absolute Gasteiger partial charge is 0.338 e. The molecule has 0 aliphatic carbocycles. The molecule has 5 nitrogen and oxygen atoms in total. The molecule has 126 valence electrons. The molecule has 1 fully saturated rings. The molecule has 0 atom stereocenters. The average molecular weight is 332 g/mol. The van der Waals surface area contributed by atoms with Crippen LogP contribution in [0.5, 0.6) is 0 Å². The first-order chi connectivity index (χ1) is 12.2. The van der Waals surface area contributed by atoms with Crippen molar-refractivity contribution in [3.8, 4) is 17.3 Å². The first-order valence-electron chi connectivity index (χ1n) is 8.24. The molecule has 0 saturated carbocycles.